The highest BCUT2D eigenvalue weighted by atomic mass is 32.2. The number of thioether (sulfide) groups is 1. The highest BCUT2D eigenvalue weighted by Crippen LogP contribution is 2.33. The normalized spacial score (nSPS) is 21.4. The van der Waals surface area contributed by atoms with Crippen molar-refractivity contribution in [2.45, 2.75) is 49.3 Å². The van der Waals surface area contributed by atoms with Gasteiger partial charge in [0, 0.05) is 48.4 Å². The van der Waals surface area contributed by atoms with Crippen molar-refractivity contribution in [2.75, 3.05) is 32.0 Å². The Morgan fingerprint density at radius 1 is 1.18 bits per heavy atom. The Hall–Kier alpha value is -2.62. The number of aromatic nitrogens is 3. The molecule has 3 aliphatic heterocycles. The number of rotatable bonds is 5. The zero-order valence-electron chi connectivity index (χ0n) is 19.3. The minimum absolute atomic E-state index is 0.0111. The second kappa shape index (κ2) is 8.55. The average molecular weight is 480 g/mol. The third kappa shape index (κ3) is 3.95. The molecule has 1 saturated heterocycles. The van der Waals surface area contributed by atoms with Gasteiger partial charge < -0.3 is 15.0 Å². The Labute approximate surface area is 201 Å². The number of hydrogen-bond acceptors (Lipinski definition) is 7. The van der Waals surface area contributed by atoms with E-state index in [0.29, 0.717) is 6.54 Å². The van der Waals surface area contributed by atoms with Crippen molar-refractivity contribution in [2.24, 2.45) is 0 Å². The third-order valence-electron chi connectivity index (χ3n) is 7.43. The second-order valence-electron chi connectivity index (χ2n) is 9.79. The van der Waals surface area contributed by atoms with Crippen LogP contribution in [0.25, 0.3) is 11.0 Å². The van der Waals surface area contributed by atoms with E-state index in [0.717, 1.165) is 73.9 Å². The molecule has 6 rings (SSSR count). The lowest BCUT2D eigenvalue weighted by Gasteiger charge is -2.41. The van der Waals surface area contributed by atoms with E-state index in [4.69, 9.17) is 4.74 Å². The highest BCUT2D eigenvalue weighted by Gasteiger charge is 2.33. The number of piperidine rings is 1. The predicted molar refractivity (Wildman–Crippen MR) is 133 cm³/mol. The number of ether oxygens (including phenoxy) is 1. The van der Waals surface area contributed by atoms with Gasteiger partial charge in [-0.15, -0.1) is 11.8 Å². The molecular formula is C25H29N5O3S. The van der Waals surface area contributed by atoms with E-state index < -0.39 is 0 Å². The molecule has 3 aromatic rings. The molecule has 6 heterocycles. The lowest BCUT2D eigenvalue weighted by Crippen LogP contribution is -2.52. The summed E-state index contributed by atoms with van der Waals surface area (Å²) in [7, 11) is 0. The van der Waals surface area contributed by atoms with E-state index in [1.165, 1.54) is 4.90 Å². The Kier molecular flexibility index (Phi) is 5.50. The second-order valence-corrected chi connectivity index (χ2v) is 10.9. The van der Waals surface area contributed by atoms with Gasteiger partial charge in [-0.3, -0.25) is 23.7 Å². The first-order chi connectivity index (χ1) is 16.5. The molecular weight excluding hydrogens is 450 g/mol. The summed E-state index contributed by atoms with van der Waals surface area (Å²) in [6.45, 7) is 7.03. The van der Waals surface area contributed by atoms with Gasteiger partial charge in [-0.05, 0) is 51.1 Å². The van der Waals surface area contributed by atoms with Crippen LogP contribution in [0.4, 0.5) is 0 Å². The first kappa shape index (κ1) is 21.9. The predicted octanol–water partition coefficient (Wildman–Crippen LogP) is 2.24. The van der Waals surface area contributed by atoms with Gasteiger partial charge in [-0.25, -0.2) is 0 Å². The summed E-state index contributed by atoms with van der Waals surface area (Å²) in [5.41, 5.74) is 1.78. The minimum atomic E-state index is -0.0366. The van der Waals surface area contributed by atoms with E-state index in [9.17, 15) is 9.59 Å². The van der Waals surface area contributed by atoms with Crippen LogP contribution in [0.2, 0.25) is 0 Å². The number of nitrogens with zero attached hydrogens (tertiary/aromatic N) is 4. The summed E-state index contributed by atoms with van der Waals surface area (Å²) in [6, 6.07) is 8.97. The monoisotopic (exact) mass is 479 g/mol. The van der Waals surface area contributed by atoms with Gasteiger partial charge in [0.1, 0.15) is 5.65 Å². The van der Waals surface area contributed by atoms with Crippen molar-refractivity contribution in [1.82, 2.24) is 24.3 Å². The first-order valence-electron chi connectivity index (χ1n) is 12.0. The summed E-state index contributed by atoms with van der Waals surface area (Å²) in [5, 5.41) is 4.68. The largest absolute Gasteiger partial charge is 0.490 e. The summed E-state index contributed by atoms with van der Waals surface area (Å²) < 4.78 is 9.24. The van der Waals surface area contributed by atoms with Gasteiger partial charge in [0.15, 0.2) is 5.75 Å². The van der Waals surface area contributed by atoms with Crippen LogP contribution in [-0.2, 0) is 13.1 Å². The van der Waals surface area contributed by atoms with Crippen LogP contribution in [0.15, 0.2) is 51.0 Å². The van der Waals surface area contributed by atoms with E-state index in [1.807, 2.05) is 34.7 Å². The van der Waals surface area contributed by atoms with Crippen LogP contribution in [0.3, 0.4) is 0 Å². The van der Waals surface area contributed by atoms with Gasteiger partial charge in [0.05, 0.1) is 29.4 Å². The molecule has 1 fully saturated rings. The molecule has 0 aromatic carbocycles. The Bertz CT molecular complexity index is 1350. The molecule has 9 heteroatoms. The lowest BCUT2D eigenvalue weighted by molar-refractivity contribution is 0.128. The summed E-state index contributed by atoms with van der Waals surface area (Å²) in [4.78, 5) is 33.3. The van der Waals surface area contributed by atoms with Crippen LogP contribution in [-0.4, -0.2) is 56.6 Å². The SMILES string of the molecule is CC1(NCc2cc3c(cn2)OCCS3)CCN(CC2Cn3c(=O)ccc4ccc(=O)n2c43)CC1. The fraction of sp³-hybridized carbons (Fsp3) is 0.480. The van der Waals surface area contributed by atoms with Gasteiger partial charge >= 0.3 is 0 Å². The molecule has 1 atom stereocenters. The molecule has 0 bridgehead atoms. The molecule has 0 amide bonds. The molecule has 0 spiro atoms. The first-order valence-corrected chi connectivity index (χ1v) is 12.9. The standard InChI is InChI=1S/C25H29N5O3S/c1-25(27-13-18-12-21-20(14-26-18)33-10-11-34-21)6-8-28(9-7-25)15-19-16-29-22(31)4-2-17-3-5-23(32)30(19)24(17)29/h2-5,12,14,19,27H,6-11,13,15-16H2,1H3. The van der Waals surface area contributed by atoms with Crippen molar-refractivity contribution >= 4 is 22.8 Å². The fourth-order valence-electron chi connectivity index (χ4n) is 5.39. The van der Waals surface area contributed by atoms with Gasteiger partial charge in [-0.2, -0.15) is 0 Å². The highest BCUT2D eigenvalue weighted by molar-refractivity contribution is 7.99. The quantitative estimate of drug-likeness (QED) is 0.601. The maximum Gasteiger partial charge on any atom is 0.252 e. The molecule has 1 unspecified atom stereocenters. The maximum atomic E-state index is 12.7. The average Bonchev–Trinajstić information content (AvgIpc) is 3.24. The fourth-order valence-corrected chi connectivity index (χ4v) is 6.25. The topological polar surface area (TPSA) is 81.4 Å². The van der Waals surface area contributed by atoms with Crippen molar-refractivity contribution < 1.29 is 4.74 Å². The van der Waals surface area contributed by atoms with E-state index in [-0.39, 0.29) is 22.7 Å². The molecule has 0 radical (unpaired) electrons. The molecule has 0 aliphatic carbocycles. The van der Waals surface area contributed by atoms with E-state index in [1.54, 1.807) is 16.7 Å². The van der Waals surface area contributed by atoms with Crippen molar-refractivity contribution in [3.05, 3.63) is 62.9 Å². The number of nitrogens with one attached hydrogen (secondary N) is 1. The summed E-state index contributed by atoms with van der Waals surface area (Å²) >= 11 is 1.83. The Morgan fingerprint density at radius 2 is 1.97 bits per heavy atom. The van der Waals surface area contributed by atoms with Gasteiger partial charge in [-0.1, -0.05) is 0 Å². The number of fused-ring (bicyclic) bond motifs is 1. The van der Waals surface area contributed by atoms with E-state index in [2.05, 4.69) is 28.2 Å². The van der Waals surface area contributed by atoms with E-state index >= 15 is 0 Å². The molecule has 0 saturated carbocycles. The summed E-state index contributed by atoms with van der Waals surface area (Å²) in [5.74, 6) is 1.88. The molecule has 34 heavy (non-hydrogen) atoms. The molecule has 3 aromatic heterocycles. The Balaban J connectivity index is 1.09. The molecule has 1 N–H and O–H groups in total. The molecule has 3 aliphatic rings. The van der Waals surface area contributed by atoms with Crippen molar-refractivity contribution in [3.63, 3.8) is 0 Å². The number of likely N-dealkylation sites (tertiary alicyclic amines) is 1. The number of hydrogen-bond donors (Lipinski definition) is 1. The lowest BCUT2D eigenvalue weighted by atomic mass is 9.89. The molecule has 178 valence electrons. The van der Waals surface area contributed by atoms with Crippen LogP contribution in [0.1, 0.15) is 31.5 Å². The van der Waals surface area contributed by atoms with Crippen molar-refractivity contribution in [1.29, 1.82) is 0 Å². The van der Waals surface area contributed by atoms with Crippen LogP contribution >= 0.6 is 11.8 Å². The molecule has 8 nitrogen and oxygen atoms in total. The third-order valence-corrected chi connectivity index (χ3v) is 8.43. The maximum absolute atomic E-state index is 12.7. The smallest absolute Gasteiger partial charge is 0.252 e. The number of pyridine rings is 3. The zero-order chi connectivity index (χ0) is 23.3. The van der Waals surface area contributed by atoms with Crippen LogP contribution < -0.4 is 21.2 Å². The van der Waals surface area contributed by atoms with Crippen molar-refractivity contribution in [3.8, 4) is 5.75 Å². The van der Waals surface area contributed by atoms with Gasteiger partial charge in [0.25, 0.3) is 11.1 Å². The Morgan fingerprint density at radius 3 is 2.79 bits per heavy atom. The summed E-state index contributed by atoms with van der Waals surface area (Å²) in [6.07, 6.45) is 3.89. The van der Waals surface area contributed by atoms with Gasteiger partial charge in [0.2, 0.25) is 0 Å². The van der Waals surface area contributed by atoms with Crippen LogP contribution in [0, 0.1) is 0 Å². The zero-order valence-corrected chi connectivity index (χ0v) is 20.1. The minimum Gasteiger partial charge on any atom is -0.490 e. The van der Waals surface area contributed by atoms with Crippen LogP contribution in [0.5, 0.6) is 5.75 Å².